The standard InChI is InChI=1S/C13H19FN2O2/c1-15(2)13(17)10-16(3)8-9-18-12-7-5-4-6-11(12)14/h4-7H,8-10H2,1-3H3. The molecule has 0 atom stereocenters. The number of likely N-dealkylation sites (N-methyl/N-ethyl adjacent to an activating group) is 2. The van der Waals surface area contributed by atoms with E-state index in [9.17, 15) is 9.18 Å². The Morgan fingerprint density at radius 1 is 1.28 bits per heavy atom. The molecule has 4 nitrogen and oxygen atoms in total. The van der Waals surface area contributed by atoms with Gasteiger partial charge in [-0.25, -0.2) is 4.39 Å². The number of ether oxygens (including phenoxy) is 1. The fraction of sp³-hybridized carbons (Fsp3) is 0.462. The van der Waals surface area contributed by atoms with Crippen LogP contribution in [0, 0.1) is 5.82 Å². The summed E-state index contributed by atoms with van der Waals surface area (Å²) in [6.07, 6.45) is 0. The Morgan fingerprint density at radius 2 is 1.94 bits per heavy atom. The highest BCUT2D eigenvalue weighted by atomic mass is 19.1. The van der Waals surface area contributed by atoms with E-state index in [0.29, 0.717) is 19.7 Å². The Kier molecular flexibility index (Phi) is 5.58. The van der Waals surface area contributed by atoms with Gasteiger partial charge in [-0.15, -0.1) is 0 Å². The van der Waals surface area contributed by atoms with Gasteiger partial charge in [-0.05, 0) is 19.2 Å². The molecule has 0 spiro atoms. The Bertz CT molecular complexity index is 396. The first-order valence-electron chi connectivity index (χ1n) is 5.76. The minimum Gasteiger partial charge on any atom is -0.489 e. The summed E-state index contributed by atoms with van der Waals surface area (Å²) < 4.78 is 18.5. The van der Waals surface area contributed by atoms with E-state index < -0.39 is 0 Å². The molecule has 0 aliphatic carbocycles. The highest BCUT2D eigenvalue weighted by Gasteiger charge is 2.08. The summed E-state index contributed by atoms with van der Waals surface area (Å²) in [5, 5.41) is 0. The summed E-state index contributed by atoms with van der Waals surface area (Å²) in [6.45, 7) is 1.24. The summed E-state index contributed by atoms with van der Waals surface area (Å²) in [6, 6.07) is 6.27. The zero-order valence-electron chi connectivity index (χ0n) is 11.0. The number of carbonyl (C=O) groups excluding carboxylic acids is 1. The lowest BCUT2D eigenvalue weighted by atomic mass is 10.3. The predicted molar refractivity (Wildman–Crippen MR) is 68.1 cm³/mol. The van der Waals surface area contributed by atoms with Crippen LogP contribution in [0.1, 0.15) is 0 Å². The lowest BCUT2D eigenvalue weighted by Crippen LogP contribution is -2.36. The SMILES string of the molecule is CN(CCOc1ccccc1F)CC(=O)N(C)C. The fourth-order valence-corrected chi connectivity index (χ4v) is 1.32. The van der Waals surface area contributed by atoms with Crippen LogP contribution < -0.4 is 4.74 Å². The van der Waals surface area contributed by atoms with E-state index >= 15 is 0 Å². The number of rotatable bonds is 6. The van der Waals surface area contributed by atoms with Gasteiger partial charge in [0.2, 0.25) is 5.91 Å². The van der Waals surface area contributed by atoms with Crippen molar-refractivity contribution in [1.82, 2.24) is 9.80 Å². The van der Waals surface area contributed by atoms with Crippen LogP contribution in [0.25, 0.3) is 0 Å². The van der Waals surface area contributed by atoms with Crippen LogP contribution in [0.3, 0.4) is 0 Å². The van der Waals surface area contributed by atoms with Crippen molar-refractivity contribution in [3.63, 3.8) is 0 Å². The van der Waals surface area contributed by atoms with Gasteiger partial charge >= 0.3 is 0 Å². The summed E-state index contributed by atoms with van der Waals surface area (Å²) in [4.78, 5) is 14.8. The van der Waals surface area contributed by atoms with Crippen molar-refractivity contribution < 1.29 is 13.9 Å². The summed E-state index contributed by atoms with van der Waals surface area (Å²) in [5.41, 5.74) is 0. The van der Waals surface area contributed by atoms with E-state index in [1.165, 1.54) is 11.0 Å². The molecule has 0 radical (unpaired) electrons. The molecule has 0 bridgehead atoms. The molecule has 0 N–H and O–H groups in total. The van der Waals surface area contributed by atoms with Gasteiger partial charge in [0.15, 0.2) is 11.6 Å². The van der Waals surface area contributed by atoms with E-state index in [2.05, 4.69) is 0 Å². The maximum Gasteiger partial charge on any atom is 0.236 e. The van der Waals surface area contributed by atoms with Crippen LogP contribution in [0.15, 0.2) is 24.3 Å². The van der Waals surface area contributed by atoms with Gasteiger partial charge < -0.3 is 9.64 Å². The molecule has 1 amide bonds. The third-order valence-corrected chi connectivity index (χ3v) is 2.47. The molecule has 1 aromatic carbocycles. The number of halogens is 1. The Labute approximate surface area is 107 Å². The van der Waals surface area contributed by atoms with Crippen LogP contribution in [-0.2, 0) is 4.79 Å². The lowest BCUT2D eigenvalue weighted by Gasteiger charge is -2.19. The average Bonchev–Trinajstić information content (AvgIpc) is 2.31. The number of benzene rings is 1. The van der Waals surface area contributed by atoms with Crippen molar-refractivity contribution in [2.75, 3.05) is 40.8 Å². The summed E-state index contributed by atoms with van der Waals surface area (Å²) in [7, 11) is 5.25. The number of hydrogen-bond acceptors (Lipinski definition) is 3. The van der Waals surface area contributed by atoms with Crippen molar-refractivity contribution in [1.29, 1.82) is 0 Å². The zero-order valence-corrected chi connectivity index (χ0v) is 11.0. The highest BCUT2D eigenvalue weighted by molar-refractivity contribution is 5.77. The average molecular weight is 254 g/mol. The van der Waals surface area contributed by atoms with Gasteiger partial charge in [-0.3, -0.25) is 9.69 Å². The van der Waals surface area contributed by atoms with Gasteiger partial charge in [0.1, 0.15) is 6.61 Å². The quantitative estimate of drug-likeness (QED) is 0.765. The van der Waals surface area contributed by atoms with E-state index in [0.717, 1.165) is 0 Å². The van der Waals surface area contributed by atoms with Crippen molar-refractivity contribution in [2.24, 2.45) is 0 Å². The molecular formula is C13H19FN2O2. The number of amides is 1. The third-order valence-electron chi connectivity index (χ3n) is 2.47. The molecule has 0 unspecified atom stereocenters. The second-order valence-corrected chi connectivity index (χ2v) is 4.30. The number of hydrogen-bond donors (Lipinski definition) is 0. The van der Waals surface area contributed by atoms with Gasteiger partial charge in [0.25, 0.3) is 0 Å². The predicted octanol–water partition coefficient (Wildman–Crippen LogP) is 1.22. The first kappa shape index (κ1) is 14.4. The Balaban J connectivity index is 2.30. The largest absolute Gasteiger partial charge is 0.489 e. The molecule has 1 aromatic rings. The lowest BCUT2D eigenvalue weighted by molar-refractivity contribution is -0.129. The number of para-hydroxylation sites is 1. The molecule has 18 heavy (non-hydrogen) atoms. The van der Waals surface area contributed by atoms with Gasteiger partial charge in [-0.2, -0.15) is 0 Å². The number of carbonyl (C=O) groups is 1. The molecule has 0 aromatic heterocycles. The van der Waals surface area contributed by atoms with E-state index in [1.807, 2.05) is 11.9 Å². The molecule has 0 saturated carbocycles. The second-order valence-electron chi connectivity index (χ2n) is 4.30. The van der Waals surface area contributed by atoms with Crippen LogP contribution >= 0.6 is 0 Å². The van der Waals surface area contributed by atoms with Crippen molar-refractivity contribution in [3.8, 4) is 5.75 Å². The number of nitrogens with zero attached hydrogens (tertiary/aromatic N) is 2. The van der Waals surface area contributed by atoms with E-state index in [1.54, 1.807) is 32.3 Å². The molecule has 0 fully saturated rings. The summed E-state index contributed by atoms with van der Waals surface area (Å²) in [5.74, 6) is -0.0993. The topological polar surface area (TPSA) is 32.8 Å². The van der Waals surface area contributed by atoms with E-state index in [-0.39, 0.29) is 17.5 Å². The molecule has 0 heterocycles. The molecule has 0 saturated heterocycles. The van der Waals surface area contributed by atoms with Crippen LogP contribution in [0.2, 0.25) is 0 Å². The molecular weight excluding hydrogens is 235 g/mol. The first-order chi connectivity index (χ1) is 8.50. The van der Waals surface area contributed by atoms with Crippen molar-refractivity contribution >= 4 is 5.91 Å². The first-order valence-corrected chi connectivity index (χ1v) is 5.76. The zero-order chi connectivity index (χ0) is 13.5. The van der Waals surface area contributed by atoms with Gasteiger partial charge in [-0.1, -0.05) is 12.1 Å². The Morgan fingerprint density at radius 3 is 2.56 bits per heavy atom. The fourth-order valence-electron chi connectivity index (χ4n) is 1.32. The minimum atomic E-state index is -0.371. The Hall–Kier alpha value is -1.62. The van der Waals surface area contributed by atoms with E-state index in [4.69, 9.17) is 4.74 Å². The van der Waals surface area contributed by atoms with Crippen LogP contribution in [0.5, 0.6) is 5.75 Å². The van der Waals surface area contributed by atoms with Gasteiger partial charge in [0, 0.05) is 20.6 Å². The minimum absolute atomic E-state index is 0.0309. The van der Waals surface area contributed by atoms with Crippen molar-refractivity contribution in [3.05, 3.63) is 30.1 Å². The molecule has 0 aliphatic rings. The van der Waals surface area contributed by atoms with Gasteiger partial charge in [0.05, 0.1) is 6.54 Å². The molecule has 100 valence electrons. The molecule has 1 rings (SSSR count). The van der Waals surface area contributed by atoms with Crippen LogP contribution in [0.4, 0.5) is 4.39 Å². The van der Waals surface area contributed by atoms with Crippen molar-refractivity contribution in [2.45, 2.75) is 0 Å². The molecule has 0 aliphatic heterocycles. The van der Waals surface area contributed by atoms with Crippen LogP contribution in [-0.4, -0.2) is 56.5 Å². The second kappa shape index (κ2) is 6.96. The smallest absolute Gasteiger partial charge is 0.236 e. The molecule has 5 heteroatoms. The third kappa shape index (κ3) is 4.71. The maximum atomic E-state index is 13.2. The normalized spacial score (nSPS) is 10.5. The monoisotopic (exact) mass is 254 g/mol. The summed E-state index contributed by atoms with van der Waals surface area (Å²) >= 11 is 0. The highest BCUT2D eigenvalue weighted by Crippen LogP contribution is 2.14. The maximum absolute atomic E-state index is 13.2.